The van der Waals surface area contributed by atoms with Crippen LogP contribution >= 0.6 is 0 Å². The van der Waals surface area contributed by atoms with E-state index in [-0.39, 0.29) is 11.8 Å². The Balaban J connectivity index is 1.60. The Morgan fingerprint density at radius 2 is 1.72 bits per heavy atom. The first-order chi connectivity index (χ1) is 17.4. The topological polar surface area (TPSA) is 101 Å². The van der Waals surface area contributed by atoms with Crippen molar-refractivity contribution in [1.29, 1.82) is 0 Å². The summed E-state index contributed by atoms with van der Waals surface area (Å²) in [6.45, 7) is 4.25. The highest BCUT2D eigenvalue weighted by Crippen LogP contribution is 2.28. The van der Waals surface area contributed by atoms with Gasteiger partial charge in [-0.1, -0.05) is 62.4 Å². The van der Waals surface area contributed by atoms with Crippen molar-refractivity contribution in [2.75, 3.05) is 5.32 Å². The van der Waals surface area contributed by atoms with Crippen LogP contribution in [0.1, 0.15) is 37.4 Å². The summed E-state index contributed by atoms with van der Waals surface area (Å²) in [5.41, 5.74) is 2.84. The number of hydrogen-bond acceptors (Lipinski definition) is 5. The van der Waals surface area contributed by atoms with Crippen molar-refractivity contribution in [3.05, 3.63) is 96.3 Å². The molecule has 0 aliphatic rings. The molecule has 1 amide bonds. The van der Waals surface area contributed by atoms with Crippen molar-refractivity contribution in [3.63, 3.8) is 0 Å². The maximum atomic E-state index is 13.6. The summed E-state index contributed by atoms with van der Waals surface area (Å²) >= 11 is 0. The van der Waals surface area contributed by atoms with Crippen LogP contribution in [0.4, 0.5) is 5.69 Å². The summed E-state index contributed by atoms with van der Waals surface area (Å²) in [7, 11) is 0. The van der Waals surface area contributed by atoms with Gasteiger partial charge in [-0.25, -0.2) is 0 Å². The van der Waals surface area contributed by atoms with Crippen LogP contribution in [0, 0.1) is 5.92 Å². The van der Waals surface area contributed by atoms with Crippen molar-refractivity contribution in [2.24, 2.45) is 5.92 Å². The number of para-hydroxylation sites is 2. The number of fused-ring (bicyclic) bond motifs is 1. The molecule has 0 saturated carbocycles. The summed E-state index contributed by atoms with van der Waals surface area (Å²) in [5.74, 6) is -0.734. The van der Waals surface area contributed by atoms with Gasteiger partial charge < -0.3 is 19.6 Å². The zero-order valence-corrected chi connectivity index (χ0v) is 20.3. The van der Waals surface area contributed by atoms with E-state index in [0.29, 0.717) is 35.6 Å². The number of carbonyl (C=O) groups is 2. The van der Waals surface area contributed by atoms with Crippen molar-refractivity contribution >= 4 is 28.5 Å². The summed E-state index contributed by atoms with van der Waals surface area (Å²) in [5, 5.41) is 16.7. The molecular formula is C29H30N2O5. The number of anilines is 1. The zero-order valence-electron chi connectivity index (χ0n) is 20.3. The fourth-order valence-corrected chi connectivity index (χ4v) is 4.04. The van der Waals surface area contributed by atoms with Crippen molar-refractivity contribution in [1.82, 2.24) is 5.32 Å². The fraction of sp³-hybridized carbons (Fsp3) is 0.241. The molecule has 0 spiro atoms. The molecule has 36 heavy (non-hydrogen) atoms. The summed E-state index contributed by atoms with van der Waals surface area (Å²) in [6, 6.07) is 22.3. The van der Waals surface area contributed by atoms with Crippen LogP contribution in [-0.2, 0) is 16.2 Å². The largest absolute Gasteiger partial charge is 0.487 e. The van der Waals surface area contributed by atoms with Crippen LogP contribution in [-0.4, -0.2) is 23.0 Å². The van der Waals surface area contributed by atoms with Gasteiger partial charge in [-0.2, -0.15) is 0 Å². The van der Waals surface area contributed by atoms with E-state index in [2.05, 4.69) is 10.6 Å². The third kappa shape index (κ3) is 6.31. The average Bonchev–Trinajstić information content (AvgIpc) is 3.34. The third-order valence-electron chi connectivity index (χ3n) is 5.83. The van der Waals surface area contributed by atoms with Crippen LogP contribution in [0.3, 0.4) is 0 Å². The molecule has 0 fully saturated rings. The Morgan fingerprint density at radius 3 is 2.47 bits per heavy atom. The number of carboxylic acids is 1. The van der Waals surface area contributed by atoms with Gasteiger partial charge in [0.2, 0.25) is 5.91 Å². The average molecular weight is 487 g/mol. The number of furan rings is 1. The predicted molar refractivity (Wildman–Crippen MR) is 139 cm³/mol. The molecular weight excluding hydrogens is 456 g/mol. The highest BCUT2D eigenvalue weighted by molar-refractivity contribution is 5.97. The molecule has 7 heteroatoms. The van der Waals surface area contributed by atoms with E-state index in [0.717, 1.165) is 10.9 Å². The lowest BCUT2D eigenvalue weighted by molar-refractivity contribution is -0.140. The number of nitrogens with one attached hydrogen (secondary N) is 2. The number of amides is 1. The first-order valence-electron chi connectivity index (χ1n) is 11.9. The van der Waals surface area contributed by atoms with Gasteiger partial charge in [0.15, 0.2) is 0 Å². The molecule has 3 N–H and O–H groups in total. The molecule has 186 valence electrons. The van der Waals surface area contributed by atoms with Crippen molar-refractivity contribution in [2.45, 2.75) is 39.0 Å². The molecule has 0 radical (unpaired) electrons. The Labute approximate surface area is 210 Å². The highest BCUT2D eigenvalue weighted by Gasteiger charge is 2.29. The predicted octanol–water partition coefficient (Wildman–Crippen LogP) is 5.78. The summed E-state index contributed by atoms with van der Waals surface area (Å²) < 4.78 is 11.4. The summed E-state index contributed by atoms with van der Waals surface area (Å²) in [4.78, 5) is 25.6. The Kier molecular flexibility index (Phi) is 8.02. The van der Waals surface area contributed by atoms with Crippen molar-refractivity contribution in [3.8, 4) is 5.75 Å². The monoisotopic (exact) mass is 486 g/mol. The minimum absolute atomic E-state index is 0.130. The lowest BCUT2D eigenvalue weighted by Crippen LogP contribution is -2.44. The molecule has 1 heterocycles. The van der Waals surface area contributed by atoms with E-state index in [1.54, 1.807) is 30.5 Å². The number of carbonyl (C=O) groups excluding carboxylic acids is 1. The van der Waals surface area contributed by atoms with E-state index in [9.17, 15) is 14.7 Å². The van der Waals surface area contributed by atoms with Gasteiger partial charge in [0.1, 0.15) is 30.0 Å². The molecule has 4 aromatic rings. The third-order valence-corrected chi connectivity index (χ3v) is 5.83. The molecule has 2 atom stereocenters. The Bertz CT molecular complexity index is 1320. The minimum atomic E-state index is -1.00. The fourth-order valence-electron chi connectivity index (χ4n) is 4.04. The van der Waals surface area contributed by atoms with Crippen LogP contribution in [0.5, 0.6) is 5.75 Å². The Hall–Kier alpha value is -4.10. The van der Waals surface area contributed by atoms with E-state index in [1.165, 1.54) is 0 Å². The van der Waals surface area contributed by atoms with Gasteiger partial charge in [0.05, 0.1) is 12.0 Å². The van der Waals surface area contributed by atoms with Crippen LogP contribution < -0.4 is 15.4 Å². The molecule has 3 aromatic carbocycles. The van der Waals surface area contributed by atoms with Crippen LogP contribution in [0.15, 0.2) is 89.5 Å². The lowest BCUT2D eigenvalue weighted by atomic mass is 9.99. The number of rotatable bonds is 11. The second-order valence-electron chi connectivity index (χ2n) is 9.10. The van der Waals surface area contributed by atoms with E-state index >= 15 is 0 Å². The van der Waals surface area contributed by atoms with Gasteiger partial charge in [-0.05, 0) is 53.8 Å². The first-order valence-corrected chi connectivity index (χ1v) is 11.9. The molecule has 7 nitrogen and oxygen atoms in total. The molecule has 0 aliphatic heterocycles. The number of aliphatic carboxylic acids is 1. The first kappa shape index (κ1) is 25.0. The van der Waals surface area contributed by atoms with E-state index in [1.807, 2.05) is 68.4 Å². The standard InChI is InChI=1S/C29H30N2O5/c1-19(2)16-24(29(33)34)30-27(22-12-13-25-21(17-22)14-15-35-25)28(32)31-23-10-6-7-11-26(23)36-18-20-8-4-3-5-9-20/h3-15,17,19,24,27,30H,16,18H2,1-2H3,(H,31,32)(H,33,34)/t24-,27+/m0/s1. The van der Waals surface area contributed by atoms with E-state index < -0.39 is 18.1 Å². The van der Waals surface area contributed by atoms with E-state index in [4.69, 9.17) is 9.15 Å². The molecule has 0 unspecified atom stereocenters. The SMILES string of the molecule is CC(C)C[C@H](N[C@@H](C(=O)Nc1ccccc1OCc1ccccc1)c1ccc2occc2c1)C(=O)O. The number of ether oxygens (including phenoxy) is 1. The van der Waals surface area contributed by atoms with Gasteiger partial charge in [-0.15, -0.1) is 0 Å². The normalized spacial score (nSPS) is 12.9. The second-order valence-corrected chi connectivity index (χ2v) is 9.10. The van der Waals surface area contributed by atoms with Gasteiger partial charge in [0, 0.05) is 5.39 Å². The number of hydrogen-bond donors (Lipinski definition) is 3. The Morgan fingerprint density at radius 1 is 0.972 bits per heavy atom. The molecule has 1 aromatic heterocycles. The summed E-state index contributed by atoms with van der Waals surface area (Å²) in [6.07, 6.45) is 1.96. The maximum absolute atomic E-state index is 13.6. The van der Waals surface area contributed by atoms with Gasteiger partial charge >= 0.3 is 5.97 Å². The van der Waals surface area contributed by atoms with Crippen molar-refractivity contribution < 1.29 is 23.8 Å². The smallest absolute Gasteiger partial charge is 0.320 e. The lowest BCUT2D eigenvalue weighted by Gasteiger charge is -2.25. The second kappa shape index (κ2) is 11.6. The van der Waals surface area contributed by atoms with Gasteiger partial charge in [0.25, 0.3) is 0 Å². The number of benzene rings is 3. The quantitative estimate of drug-likeness (QED) is 0.248. The maximum Gasteiger partial charge on any atom is 0.320 e. The zero-order chi connectivity index (χ0) is 25.5. The van der Waals surface area contributed by atoms with Crippen LogP contribution in [0.25, 0.3) is 11.0 Å². The van der Waals surface area contributed by atoms with Gasteiger partial charge in [-0.3, -0.25) is 14.9 Å². The minimum Gasteiger partial charge on any atom is -0.487 e. The molecule has 0 bridgehead atoms. The van der Waals surface area contributed by atoms with Crippen LogP contribution in [0.2, 0.25) is 0 Å². The molecule has 0 saturated heterocycles. The number of carboxylic acid groups (broad SMARTS) is 1. The highest BCUT2D eigenvalue weighted by atomic mass is 16.5. The molecule has 4 rings (SSSR count). The molecule has 0 aliphatic carbocycles.